The highest BCUT2D eigenvalue weighted by atomic mass is 16.5. The number of pyridine rings is 1. The molecule has 0 aliphatic heterocycles. The van der Waals surface area contributed by atoms with Crippen LogP contribution < -0.4 is 0 Å². The average Bonchev–Trinajstić information content (AvgIpc) is 2.67. The van der Waals surface area contributed by atoms with Gasteiger partial charge in [-0.3, -0.25) is 9.78 Å². The molecular weight excluding hydrogens is 198 g/mol. The quantitative estimate of drug-likeness (QED) is 0.795. The van der Waals surface area contributed by atoms with Crippen LogP contribution in [0.25, 0.3) is 11.5 Å². The van der Waals surface area contributed by atoms with Crippen LogP contribution in [0.1, 0.15) is 5.89 Å². The first kappa shape index (κ1) is 9.32. The highest BCUT2D eigenvalue weighted by Crippen LogP contribution is 2.11. The summed E-state index contributed by atoms with van der Waals surface area (Å²) in [5.41, 5.74) is 0.554. The number of hydrogen-bond donors (Lipinski definition) is 1. The Bertz CT molecular complexity index is 466. The van der Waals surface area contributed by atoms with Gasteiger partial charge < -0.3 is 9.63 Å². The van der Waals surface area contributed by atoms with Gasteiger partial charge in [0.25, 0.3) is 0 Å². The van der Waals surface area contributed by atoms with Gasteiger partial charge in [0, 0.05) is 6.20 Å². The SMILES string of the molecule is O=C(O)Cc1nc(-c2ccccn2)no1. The first-order chi connectivity index (χ1) is 7.25. The molecule has 2 rings (SSSR count). The molecule has 0 saturated carbocycles. The molecule has 76 valence electrons. The summed E-state index contributed by atoms with van der Waals surface area (Å²) in [6, 6.07) is 5.27. The first-order valence-electron chi connectivity index (χ1n) is 4.21. The number of aromatic nitrogens is 3. The van der Waals surface area contributed by atoms with E-state index in [0.717, 1.165) is 0 Å². The van der Waals surface area contributed by atoms with Crippen LogP contribution in [0.15, 0.2) is 28.9 Å². The fraction of sp³-hybridized carbons (Fsp3) is 0.111. The van der Waals surface area contributed by atoms with Gasteiger partial charge in [0.1, 0.15) is 12.1 Å². The Morgan fingerprint density at radius 1 is 1.47 bits per heavy atom. The van der Waals surface area contributed by atoms with Crippen LogP contribution >= 0.6 is 0 Å². The van der Waals surface area contributed by atoms with Gasteiger partial charge in [0.2, 0.25) is 11.7 Å². The number of hydrogen-bond acceptors (Lipinski definition) is 5. The summed E-state index contributed by atoms with van der Waals surface area (Å²) < 4.78 is 4.75. The van der Waals surface area contributed by atoms with Crippen molar-refractivity contribution < 1.29 is 14.4 Å². The van der Waals surface area contributed by atoms with Gasteiger partial charge in [-0.15, -0.1) is 0 Å². The number of rotatable bonds is 3. The number of carboxylic acids is 1. The molecule has 2 aromatic rings. The third kappa shape index (κ3) is 2.16. The van der Waals surface area contributed by atoms with Crippen LogP contribution in [-0.2, 0) is 11.2 Å². The fourth-order valence-electron chi connectivity index (χ4n) is 1.06. The third-order valence-corrected chi connectivity index (χ3v) is 1.66. The second kappa shape index (κ2) is 3.87. The summed E-state index contributed by atoms with van der Waals surface area (Å²) in [6.45, 7) is 0. The lowest BCUT2D eigenvalue weighted by molar-refractivity contribution is -0.136. The van der Waals surface area contributed by atoms with Crippen LogP contribution in [0, 0.1) is 0 Å². The van der Waals surface area contributed by atoms with Crippen molar-refractivity contribution >= 4 is 5.97 Å². The predicted molar refractivity (Wildman–Crippen MR) is 48.9 cm³/mol. The molecule has 2 heterocycles. The van der Waals surface area contributed by atoms with Crippen molar-refractivity contribution in [2.45, 2.75) is 6.42 Å². The Morgan fingerprint density at radius 2 is 2.33 bits per heavy atom. The standard InChI is InChI=1S/C9H7N3O3/c13-8(14)5-7-11-9(12-15-7)6-3-1-2-4-10-6/h1-4H,5H2,(H,13,14). The van der Waals surface area contributed by atoms with E-state index in [1.165, 1.54) is 0 Å². The highest BCUT2D eigenvalue weighted by molar-refractivity contribution is 5.68. The van der Waals surface area contributed by atoms with E-state index >= 15 is 0 Å². The number of carboxylic acid groups (broad SMARTS) is 1. The van der Waals surface area contributed by atoms with E-state index in [4.69, 9.17) is 9.63 Å². The van der Waals surface area contributed by atoms with Crippen molar-refractivity contribution in [2.75, 3.05) is 0 Å². The lowest BCUT2D eigenvalue weighted by Crippen LogP contribution is -1.99. The molecule has 0 aliphatic rings. The van der Waals surface area contributed by atoms with Crippen LogP contribution in [0.2, 0.25) is 0 Å². The molecule has 0 spiro atoms. The lowest BCUT2D eigenvalue weighted by atomic mass is 10.3. The maximum atomic E-state index is 10.4. The molecule has 15 heavy (non-hydrogen) atoms. The molecule has 0 amide bonds. The van der Waals surface area contributed by atoms with E-state index in [2.05, 4.69) is 15.1 Å². The molecule has 6 heteroatoms. The Hall–Kier alpha value is -2.24. The minimum Gasteiger partial charge on any atom is -0.481 e. The zero-order valence-corrected chi connectivity index (χ0v) is 7.62. The van der Waals surface area contributed by atoms with Gasteiger partial charge in [-0.05, 0) is 12.1 Å². The second-order valence-electron chi connectivity index (χ2n) is 2.80. The minimum absolute atomic E-state index is 0.0724. The van der Waals surface area contributed by atoms with Crippen molar-refractivity contribution in [3.05, 3.63) is 30.3 Å². The molecular formula is C9H7N3O3. The van der Waals surface area contributed by atoms with Gasteiger partial charge in [-0.2, -0.15) is 4.98 Å². The number of aliphatic carboxylic acids is 1. The average molecular weight is 205 g/mol. The summed E-state index contributed by atoms with van der Waals surface area (Å²) in [7, 11) is 0. The number of nitrogens with zero attached hydrogens (tertiary/aromatic N) is 3. The second-order valence-corrected chi connectivity index (χ2v) is 2.80. The van der Waals surface area contributed by atoms with E-state index in [0.29, 0.717) is 11.5 Å². The largest absolute Gasteiger partial charge is 0.481 e. The van der Waals surface area contributed by atoms with E-state index in [1.807, 2.05) is 0 Å². The molecule has 0 unspecified atom stereocenters. The molecule has 0 aliphatic carbocycles. The lowest BCUT2D eigenvalue weighted by Gasteiger charge is -1.89. The van der Waals surface area contributed by atoms with Crippen molar-refractivity contribution in [3.63, 3.8) is 0 Å². The monoisotopic (exact) mass is 205 g/mol. The van der Waals surface area contributed by atoms with E-state index in [-0.39, 0.29) is 12.3 Å². The molecule has 0 bridgehead atoms. The van der Waals surface area contributed by atoms with Crippen LogP contribution in [0.3, 0.4) is 0 Å². The smallest absolute Gasteiger partial charge is 0.312 e. The predicted octanol–water partition coefficient (Wildman–Crippen LogP) is 0.759. The molecule has 0 radical (unpaired) electrons. The molecule has 6 nitrogen and oxygen atoms in total. The zero-order valence-electron chi connectivity index (χ0n) is 7.62. The van der Waals surface area contributed by atoms with Crippen molar-refractivity contribution in [2.24, 2.45) is 0 Å². The van der Waals surface area contributed by atoms with Crippen LogP contribution in [0.4, 0.5) is 0 Å². The summed E-state index contributed by atoms with van der Waals surface area (Å²) >= 11 is 0. The van der Waals surface area contributed by atoms with Crippen molar-refractivity contribution in [1.82, 2.24) is 15.1 Å². The first-order valence-corrected chi connectivity index (χ1v) is 4.21. The highest BCUT2D eigenvalue weighted by Gasteiger charge is 2.11. The maximum Gasteiger partial charge on any atom is 0.312 e. The fourth-order valence-corrected chi connectivity index (χ4v) is 1.06. The molecule has 0 saturated heterocycles. The van der Waals surface area contributed by atoms with E-state index in [9.17, 15) is 4.79 Å². The van der Waals surface area contributed by atoms with Gasteiger partial charge in [0.15, 0.2) is 0 Å². The van der Waals surface area contributed by atoms with Gasteiger partial charge >= 0.3 is 5.97 Å². The Balaban J connectivity index is 2.24. The van der Waals surface area contributed by atoms with E-state index in [1.54, 1.807) is 24.4 Å². The van der Waals surface area contributed by atoms with E-state index < -0.39 is 5.97 Å². The molecule has 2 aromatic heterocycles. The summed E-state index contributed by atoms with van der Waals surface area (Å²) in [6.07, 6.45) is 1.32. The topological polar surface area (TPSA) is 89.1 Å². The Labute approximate surface area is 84.6 Å². The van der Waals surface area contributed by atoms with Gasteiger partial charge in [-0.1, -0.05) is 11.2 Å². The summed E-state index contributed by atoms with van der Waals surface area (Å²) in [5, 5.41) is 12.1. The third-order valence-electron chi connectivity index (χ3n) is 1.66. The van der Waals surface area contributed by atoms with Crippen molar-refractivity contribution in [1.29, 1.82) is 0 Å². The zero-order chi connectivity index (χ0) is 10.7. The molecule has 1 N–H and O–H groups in total. The van der Waals surface area contributed by atoms with Crippen LogP contribution in [0.5, 0.6) is 0 Å². The minimum atomic E-state index is -1.01. The Kier molecular flexibility index (Phi) is 2.40. The van der Waals surface area contributed by atoms with Gasteiger partial charge in [0.05, 0.1) is 0 Å². The summed E-state index contributed by atoms with van der Waals surface area (Å²) in [4.78, 5) is 18.3. The maximum absolute atomic E-state index is 10.4. The molecule has 0 aromatic carbocycles. The number of carbonyl (C=O) groups is 1. The Morgan fingerprint density at radius 3 is 3.00 bits per heavy atom. The van der Waals surface area contributed by atoms with Crippen LogP contribution in [-0.4, -0.2) is 26.2 Å². The normalized spacial score (nSPS) is 10.1. The van der Waals surface area contributed by atoms with Gasteiger partial charge in [-0.25, -0.2) is 0 Å². The summed E-state index contributed by atoms with van der Waals surface area (Å²) in [5.74, 6) is -0.638. The molecule has 0 fully saturated rings. The molecule has 0 atom stereocenters. The van der Waals surface area contributed by atoms with Crippen molar-refractivity contribution in [3.8, 4) is 11.5 Å².